The number of likely N-dealkylation sites (tertiary alicyclic amines) is 1. The summed E-state index contributed by atoms with van der Waals surface area (Å²) in [6.45, 7) is 2.24. The van der Waals surface area contributed by atoms with E-state index in [1.807, 2.05) is 30.1 Å². The van der Waals surface area contributed by atoms with Crippen molar-refractivity contribution in [1.82, 2.24) is 20.0 Å². The quantitative estimate of drug-likeness (QED) is 0.809. The van der Waals surface area contributed by atoms with E-state index >= 15 is 0 Å². The molecular weight excluding hydrogens is 352 g/mol. The molecule has 0 radical (unpaired) electrons. The molecule has 1 saturated carbocycles. The van der Waals surface area contributed by atoms with E-state index in [1.165, 1.54) is 12.8 Å². The summed E-state index contributed by atoms with van der Waals surface area (Å²) >= 11 is 6.34. The number of halogens is 1. The number of rotatable bonds is 6. The van der Waals surface area contributed by atoms with Crippen molar-refractivity contribution in [3.05, 3.63) is 28.9 Å². The number of nitrogens with one attached hydrogen (secondary N) is 1. The molecule has 1 saturated heterocycles. The number of fused-ring (bicyclic) bond motifs is 1. The molecule has 2 heterocycles. The Morgan fingerprint density at radius 3 is 3.00 bits per heavy atom. The second-order valence-corrected chi connectivity index (χ2v) is 8.04. The van der Waals surface area contributed by atoms with Crippen LogP contribution in [-0.4, -0.2) is 50.9 Å². The third-order valence-corrected chi connectivity index (χ3v) is 5.80. The molecule has 0 spiro atoms. The van der Waals surface area contributed by atoms with Gasteiger partial charge >= 0.3 is 0 Å². The van der Waals surface area contributed by atoms with E-state index in [-0.39, 0.29) is 12.5 Å². The molecule has 1 unspecified atom stereocenters. The van der Waals surface area contributed by atoms with Gasteiger partial charge in [-0.1, -0.05) is 17.7 Å². The van der Waals surface area contributed by atoms with E-state index in [4.69, 9.17) is 11.6 Å². The number of hydrogen-bond acceptors (Lipinski definition) is 4. The van der Waals surface area contributed by atoms with E-state index in [1.54, 1.807) is 4.68 Å². The van der Waals surface area contributed by atoms with Gasteiger partial charge in [-0.05, 0) is 43.7 Å². The van der Waals surface area contributed by atoms with E-state index in [9.17, 15) is 9.90 Å². The fraction of sp³-hybridized carbons (Fsp3) is 0.579. The van der Waals surface area contributed by atoms with Gasteiger partial charge in [0.2, 0.25) is 0 Å². The first-order valence-corrected chi connectivity index (χ1v) is 9.68. The molecule has 26 heavy (non-hydrogen) atoms. The maximum Gasteiger partial charge on any atom is 0.255 e. The highest BCUT2D eigenvalue weighted by Gasteiger charge is 2.43. The zero-order valence-corrected chi connectivity index (χ0v) is 15.8. The Labute approximate surface area is 158 Å². The lowest BCUT2D eigenvalue weighted by molar-refractivity contribution is -0.156. The molecule has 2 aliphatic rings. The zero-order valence-electron chi connectivity index (χ0n) is 15.0. The van der Waals surface area contributed by atoms with Gasteiger partial charge in [0.25, 0.3) is 5.91 Å². The average molecular weight is 377 g/mol. The summed E-state index contributed by atoms with van der Waals surface area (Å²) < 4.78 is 1.80. The third kappa shape index (κ3) is 3.33. The van der Waals surface area contributed by atoms with E-state index in [0.717, 1.165) is 36.1 Å². The minimum Gasteiger partial charge on any atom is -0.379 e. The molecule has 1 aliphatic heterocycles. The molecule has 1 aromatic heterocycles. The number of amides is 1. The Morgan fingerprint density at radius 2 is 2.23 bits per heavy atom. The Balaban J connectivity index is 1.43. The minimum absolute atomic E-state index is 0.132. The minimum atomic E-state index is -1.32. The van der Waals surface area contributed by atoms with Gasteiger partial charge in [0.05, 0.1) is 16.2 Å². The summed E-state index contributed by atoms with van der Waals surface area (Å²) in [5.74, 6) is 0.503. The van der Waals surface area contributed by atoms with Crippen LogP contribution in [0.5, 0.6) is 0 Å². The van der Waals surface area contributed by atoms with Crippen LogP contribution in [0.3, 0.4) is 0 Å². The summed E-state index contributed by atoms with van der Waals surface area (Å²) in [6.07, 6.45) is 3.75. The van der Waals surface area contributed by atoms with E-state index < -0.39 is 5.60 Å². The zero-order chi connectivity index (χ0) is 18.3. The van der Waals surface area contributed by atoms with Crippen LogP contribution in [0.4, 0.5) is 0 Å². The van der Waals surface area contributed by atoms with Crippen molar-refractivity contribution in [3.63, 3.8) is 0 Å². The summed E-state index contributed by atoms with van der Waals surface area (Å²) in [7, 11) is 1.89. The van der Waals surface area contributed by atoms with Crippen LogP contribution in [0, 0.1) is 5.92 Å². The van der Waals surface area contributed by atoms with Crippen molar-refractivity contribution in [2.24, 2.45) is 13.0 Å². The van der Waals surface area contributed by atoms with Crippen LogP contribution in [0.25, 0.3) is 10.9 Å². The lowest BCUT2D eigenvalue weighted by Gasteiger charge is -2.38. The molecule has 1 aromatic carbocycles. The van der Waals surface area contributed by atoms with E-state index in [2.05, 4.69) is 10.4 Å². The molecule has 2 aromatic rings. The molecule has 4 rings (SSSR count). The molecule has 1 atom stereocenters. The third-order valence-electron chi connectivity index (χ3n) is 5.49. The Hall–Kier alpha value is -1.63. The van der Waals surface area contributed by atoms with Crippen LogP contribution in [-0.2, 0) is 18.4 Å². The maximum atomic E-state index is 12.7. The molecule has 2 fully saturated rings. The van der Waals surface area contributed by atoms with E-state index in [0.29, 0.717) is 23.9 Å². The van der Waals surface area contributed by atoms with Crippen molar-refractivity contribution in [2.45, 2.75) is 37.8 Å². The van der Waals surface area contributed by atoms with Gasteiger partial charge in [0.1, 0.15) is 0 Å². The number of nitrogens with zero attached hydrogens (tertiary/aromatic N) is 3. The van der Waals surface area contributed by atoms with Gasteiger partial charge in [-0.25, -0.2) is 0 Å². The Bertz CT molecular complexity index is 832. The van der Waals surface area contributed by atoms with Gasteiger partial charge in [-0.15, -0.1) is 0 Å². The summed E-state index contributed by atoms with van der Waals surface area (Å²) in [5.41, 5.74) is 0.480. The first-order chi connectivity index (χ1) is 12.5. The highest BCUT2D eigenvalue weighted by molar-refractivity contribution is 6.35. The maximum absolute atomic E-state index is 12.7. The molecule has 6 nitrogen and oxygen atoms in total. The SMILES string of the molecule is Cn1nc(CNCC2(O)CCCN(CC3CC3)C2=O)c2c(Cl)cccc21. The smallest absolute Gasteiger partial charge is 0.255 e. The lowest BCUT2D eigenvalue weighted by Crippen LogP contribution is -2.58. The van der Waals surface area contributed by atoms with Crippen molar-refractivity contribution >= 4 is 28.4 Å². The van der Waals surface area contributed by atoms with Gasteiger partial charge in [0, 0.05) is 38.6 Å². The molecule has 2 N–H and O–H groups in total. The molecule has 1 amide bonds. The molecule has 0 bridgehead atoms. The summed E-state index contributed by atoms with van der Waals surface area (Å²) in [4.78, 5) is 14.6. The Kier molecular flexibility index (Phi) is 4.67. The number of hydrogen-bond donors (Lipinski definition) is 2. The molecule has 1 aliphatic carbocycles. The largest absolute Gasteiger partial charge is 0.379 e. The van der Waals surface area contributed by atoms with Crippen molar-refractivity contribution in [1.29, 1.82) is 0 Å². The van der Waals surface area contributed by atoms with Gasteiger partial charge in [-0.3, -0.25) is 9.48 Å². The normalized spacial score (nSPS) is 23.8. The highest BCUT2D eigenvalue weighted by Crippen LogP contribution is 2.32. The molecular formula is C19H25ClN4O2. The first-order valence-electron chi connectivity index (χ1n) is 9.30. The predicted octanol–water partition coefficient (Wildman–Crippen LogP) is 2.08. The molecule has 7 heteroatoms. The van der Waals surface area contributed by atoms with Crippen LogP contribution in [0.15, 0.2) is 18.2 Å². The van der Waals surface area contributed by atoms with Gasteiger partial charge in [-0.2, -0.15) is 5.10 Å². The Morgan fingerprint density at radius 1 is 1.42 bits per heavy atom. The first kappa shape index (κ1) is 17.8. The second kappa shape index (κ2) is 6.83. The lowest BCUT2D eigenvalue weighted by atomic mass is 9.91. The number of carbonyl (C=O) groups is 1. The predicted molar refractivity (Wildman–Crippen MR) is 101 cm³/mol. The number of benzene rings is 1. The number of piperidine rings is 1. The van der Waals surface area contributed by atoms with Crippen LogP contribution < -0.4 is 5.32 Å². The fourth-order valence-corrected chi connectivity index (χ4v) is 4.16. The second-order valence-electron chi connectivity index (χ2n) is 7.64. The highest BCUT2D eigenvalue weighted by atomic mass is 35.5. The summed E-state index contributed by atoms with van der Waals surface area (Å²) in [5, 5.41) is 20.2. The van der Waals surface area contributed by atoms with Crippen molar-refractivity contribution in [2.75, 3.05) is 19.6 Å². The number of aryl methyl sites for hydroxylation is 1. The topological polar surface area (TPSA) is 70.4 Å². The molecule has 140 valence electrons. The standard InChI is InChI=1S/C19H25ClN4O2/c1-23-16-5-2-4-14(20)17(16)15(22-23)10-21-12-19(26)8-3-9-24(18(19)25)11-13-6-7-13/h2,4-5,13,21,26H,3,6-12H2,1H3. The van der Waals surface area contributed by atoms with Crippen LogP contribution in [0.1, 0.15) is 31.4 Å². The number of aliphatic hydroxyl groups is 1. The average Bonchev–Trinajstić information content (AvgIpc) is 3.36. The number of aromatic nitrogens is 2. The van der Waals surface area contributed by atoms with Gasteiger partial charge in [0.15, 0.2) is 5.60 Å². The number of carbonyl (C=O) groups excluding carboxylic acids is 1. The van der Waals surface area contributed by atoms with Gasteiger partial charge < -0.3 is 15.3 Å². The van der Waals surface area contributed by atoms with Crippen LogP contribution in [0.2, 0.25) is 5.02 Å². The summed E-state index contributed by atoms with van der Waals surface area (Å²) in [6, 6.07) is 5.73. The van der Waals surface area contributed by atoms with Crippen molar-refractivity contribution < 1.29 is 9.90 Å². The van der Waals surface area contributed by atoms with Crippen LogP contribution >= 0.6 is 11.6 Å². The monoisotopic (exact) mass is 376 g/mol. The van der Waals surface area contributed by atoms with Crippen molar-refractivity contribution in [3.8, 4) is 0 Å². The fourth-order valence-electron chi connectivity index (χ4n) is 3.88.